The van der Waals surface area contributed by atoms with Gasteiger partial charge in [-0.1, -0.05) is 18.2 Å². The third-order valence-corrected chi connectivity index (χ3v) is 3.36. The number of amides is 1. The standard InChI is InChI=1S/C14H14N2O3S/c1-3-19-13(18)11-8-20-14(15-11)16-12(17)10-7-5-4-6-9(10)2/h4-8H,3H2,1-2H3,(H,15,16,17). The third-order valence-electron chi connectivity index (χ3n) is 2.60. The number of anilines is 1. The number of rotatable bonds is 4. The van der Waals surface area contributed by atoms with Crippen molar-refractivity contribution in [2.75, 3.05) is 11.9 Å². The smallest absolute Gasteiger partial charge is 0.357 e. The van der Waals surface area contributed by atoms with E-state index in [1.165, 1.54) is 11.3 Å². The average Bonchev–Trinajstić information content (AvgIpc) is 2.88. The molecule has 104 valence electrons. The molecular weight excluding hydrogens is 276 g/mol. The van der Waals surface area contributed by atoms with Crippen LogP contribution in [0.15, 0.2) is 29.6 Å². The Morgan fingerprint density at radius 1 is 1.35 bits per heavy atom. The van der Waals surface area contributed by atoms with Gasteiger partial charge in [0.2, 0.25) is 0 Å². The lowest BCUT2D eigenvalue weighted by Gasteiger charge is -2.04. The molecule has 0 aliphatic rings. The van der Waals surface area contributed by atoms with Crippen molar-refractivity contribution >= 4 is 28.3 Å². The molecule has 2 rings (SSSR count). The summed E-state index contributed by atoms with van der Waals surface area (Å²) in [5, 5.41) is 4.61. The zero-order valence-electron chi connectivity index (χ0n) is 11.2. The first-order valence-electron chi connectivity index (χ1n) is 6.11. The Morgan fingerprint density at radius 3 is 2.80 bits per heavy atom. The molecule has 2 aromatic rings. The van der Waals surface area contributed by atoms with Gasteiger partial charge in [-0.2, -0.15) is 0 Å². The molecule has 0 unspecified atom stereocenters. The monoisotopic (exact) mass is 290 g/mol. The van der Waals surface area contributed by atoms with Crippen molar-refractivity contribution in [2.45, 2.75) is 13.8 Å². The van der Waals surface area contributed by atoms with Gasteiger partial charge in [-0.05, 0) is 25.5 Å². The molecule has 0 radical (unpaired) electrons. The van der Waals surface area contributed by atoms with E-state index in [0.717, 1.165) is 5.56 Å². The number of aromatic nitrogens is 1. The molecule has 0 saturated heterocycles. The van der Waals surface area contributed by atoms with Gasteiger partial charge < -0.3 is 4.74 Å². The summed E-state index contributed by atoms with van der Waals surface area (Å²) in [7, 11) is 0. The Balaban J connectivity index is 2.09. The molecule has 5 nitrogen and oxygen atoms in total. The molecule has 1 amide bonds. The minimum absolute atomic E-state index is 0.205. The van der Waals surface area contributed by atoms with Crippen LogP contribution < -0.4 is 5.32 Å². The van der Waals surface area contributed by atoms with Crippen LogP contribution >= 0.6 is 11.3 Å². The first-order chi connectivity index (χ1) is 9.61. The molecule has 0 aliphatic heterocycles. The van der Waals surface area contributed by atoms with Crippen LogP contribution in [0.25, 0.3) is 0 Å². The van der Waals surface area contributed by atoms with Crippen LogP contribution in [0.5, 0.6) is 0 Å². The quantitative estimate of drug-likeness (QED) is 0.879. The van der Waals surface area contributed by atoms with E-state index in [0.29, 0.717) is 17.3 Å². The van der Waals surface area contributed by atoms with Crippen molar-refractivity contribution < 1.29 is 14.3 Å². The maximum atomic E-state index is 12.1. The lowest BCUT2D eigenvalue weighted by Crippen LogP contribution is -2.13. The van der Waals surface area contributed by atoms with Gasteiger partial charge in [0.15, 0.2) is 10.8 Å². The molecule has 1 aromatic carbocycles. The Bertz CT molecular complexity index is 637. The van der Waals surface area contributed by atoms with E-state index in [1.54, 1.807) is 24.4 Å². The molecular formula is C14H14N2O3S. The number of carbonyl (C=O) groups is 2. The van der Waals surface area contributed by atoms with E-state index < -0.39 is 5.97 Å². The fraction of sp³-hybridized carbons (Fsp3) is 0.214. The number of benzene rings is 1. The first-order valence-corrected chi connectivity index (χ1v) is 6.99. The number of nitrogens with one attached hydrogen (secondary N) is 1. The molecule has 0 aliphatic carbocycles. The zero-order chi connectivity index (χ0) is 14.5. The minimum atomic E-state index is -0.486. The molecule has 6 heteroatoms. The highest BCUT2D eigenvalue weighted by molar-refractivity contribution is 7.14. The van der Waals surface area contributed by atoms with E-state index in [4.69, 9.17) is 4.74 Å². The highest BCUT2D eigenvalue weighted by Gasteiger charge is 2.14. The lowest BCUT2D eigenvalue weighted by molar-refractivity contribution is 0.0520. The normalized spacial score (nSPS) is 10.1. The second-order valence-electron chi connectivity index (χ2n) is 4.03. The first kappa shape index (κ1) is 14.2. The molecule has 1 aromatic heterocycles. The van der Waals surface area contributed by atoms with E-state index in [2.05, 4.69) is 10.3 Å². The van der Waals surface area contributed by atoms with Crippen molar-refractivity contribution in [1.82, 2.24) is 4.98 Å². The van der Waals surface area contributed by atoms with Gasteiger partial charge >= 0.3 is 5.97 Å². The van der Waals surface area contributed by atoms with E-state index in [-0.39, 0.29) is 11.6 Å². The summed E-state index contributed by atoms with van der Waals surface area (Å²) in [6.45, 7) is 3.88. The average molecular weight is 290 g/mol. The number of hydrogen-bond donors (Lipinski definition) is 1. The molecule has 1 N–H and O–H groups in total. The van der Waals surface area contributed by atoms with Crippen molar-refractivity contribution in [3.05, 3.63) is 46.5 Å². The molecule has 0 saturated carbocycles. The number of ether oxygens (including phenoxy) is 1. The number of nitrogens with zero attached hydrogens (tertiary/aromatic N) is 1. The SMILES string of the molecule is CCOC(=O)c1csc(NC(=O)c2ccccc2C)n1. The summed E-state index contributed by atoms with van der Waals surface area (Å²) in [6.07, 6.45) is 0. The Kier molecular flexibility index (Phi) is 4.47. The van der Waals surface area contributed by atoms with Gasteiger partial charge in [-0.15, -0.1) is 11.3 Å². The summed E-state index contributed by atoms with van der Waals surface area (Å²) in [5.41, 5.74) is 1.67. The summed E-state index contributed by atoms with van der Waals surface area (Å²) in [5.74, 6) is -0.729. The van der Waals surface area contributed by atoms with Crippen LogP contribution in [0.4, 0.5) is 5.13 Å². The fourth-order valence-corrected chi connectivity index (χ4v) is 2.30. The predicted octanol–water partition coefficient (Wildman–Crippen LogP) is 2.88. The topological polar surface area (TPSA) is 68.3 Å². The maximum absolute atomic E-state index is 12.1. The summed E-state index contributed by atoms with van der Waals surface area (Å²) in [4.78, 5) is 27.6. The van der Waals surface area contributed by atoms with Crippen molar-refractivity contribution in [3.63, 3.8) is 0 Å². The number of aryl methyl sites for hydroxylation is 1. The van der Waals surface area contributed by atoms with Crippen molar-refractivity contribution in [1.29, 1.82) is 0 Å². The highest BCUT2D eigenvalue weighted by atomic mass is 32.1. The van der Waals surface area contributed by atoms with Crippen LogP contribution in [0.1, 0.15) is 33.3 Å². The Morgan fingerprint density at radius 2 is 2.10 bits per heavy atom. The zero-order valence-corrected chi connectivity index (χ0v) is 12.0. The van der Waals surface area contributed by atoms with Gasteiger partial charge in [0.25, 0.3) is 5.91 Å². The minimum Gasteiger partial charge on any atom is -0.461 e. The molecule has 0 bridgehead atoms. The molecule has 0 atom stereocenters. The van der Waals surface area contributed by atoms with Crippen LogP contribution in [0.2, 0.25) is 0 Å². The fourth-order valence-electron chi connectivity index (χ4n) is 1.62. The predicted molar refractivity (Wildman–Crippen MR) is 77.2 cm³/mol. The number of hydrogen-bond acceptors (Lipinski definition) is 5. The number of carbonyl (C=O) groups excluding carboxylic acids is 2. The number of thiazole rings is 1. The van der Waals surface area contributed by atoms with Crippen LogP contribution in [0.3, 0.4) is 0 Å². The van der Waals surface area contributed by atoms with Gasteiger partial charge in [0, 0.05) is 10.9 Å². The van der Waals surface area contributed by atoms with Crippen molar-refractivity contribution in [3.8, 4) is 0 Å². The van der Waals surface area contributed by atoms with E-state index in [9.17, 15) is 9.59 Å². The summed E-state index contributed by atoms with van der Waals surface area (Å²) >= 11 is 1.19. The molecule has 20 heavy (non-hydrogen) atoms. The third kappa shape index (κ3) is 3.21. The summed E-state index contributed by atoms with van der Waals surface area (Å²) < 4.78 is 4.84. The highest BCUT2D eigenvalue weighted by Crippen LogP contribution is 2.18. The van der Waals surface area contributed by atoms with Crippen molar-refractivity contribution in [2.24, 2.45) is 0 Å². The Hall–Kier alpha value is -2.21. The molecule has 1 heterocycles. The van der Waals surface area contributed by atoms with Gasteiger partial charge in [-0.3, -0.25) is 10.1 Å². The van der Waals surface area contributed by atoms with Gasteiger partial charge in [-0.25, -0.2) is 9.78 Å². The molecule has 0 fully saturated rings. The van der Waals surface area contributed by atoms with E-state index >= 15 is 0 Å². The Labute approximate surface area is 120 Å². The van der Waals surface area contributed by atoms with E-state index in [1.807, 2.05) is 19.1 Å². The van der Waals surface area contributed by atoms with Gasteiger partial charge in [0.1, 0.15) is 0 Å². The largest absolute Gasteiger partial charge is 0.461 e. The van der Waals surface area contributed by atoms with Crippen LogP contribution in [-0.2, 0) is 4.74 Å². The lowest BCUT2D eigenvalue weighted by atomic mass is 10.1. The maximum Gasteiger partial charge on any atom is 0.357 e. The number of esters is 1. The summed E-state index contributed by atoms with van der Waals surface area (Å²) in [6, 6.07) is 7.27. The van der Waals surface area contributed by atoms with Crippen LogP contribution in [-0.4, -0.2) is 23.5 Å². The van der Waals surface area contributed by atoms with Crippen LogP contribution in [0, 0.1) is 6.92 Å². The second-order valence-corrected chi connectivity index (χ2v) is 4.89. The second kappa shape index (κ2) is 6.29. The molecule has 0 spiro atoms. The van der Waals surface area contributed by atoms with Gasteiger partial charge in [0.05, 0.1) is 6.61 Å².